The van der Waals surface area contributed by atoms with Crippen molar-refractivity contribution in [1.29, 1.82) is 0 Å². The first kappa shape index (κ1) is 11.2. The Bertz CT molecular complexity index is 680. The first-order valence-corrected chi connectivity index (χ1v) is 7.87. The van der Waals surface area contributed by atoms with Crippen LogP contribution in [0.2, 0.25) is 0 Å². The molecular weight excluding hydrogens is 306 g/mol. The first-order chi connectivity index (χ1) is 8.03. The summed E-state index contributed by atoms with van der Waals surface area (Å²) in [4.78, 5) is 4.38. The normalized spacial score (nSPS) is 23.2. The zero-order chi connectivity index (χ0) is 12.0. The predicted molar refractivity (Wildman–Crippen MR) is 66.7 cm³/mol. The van der Waals surface area contributed by atoms with Crippen molar-refractivity contribution in [2.24, 2.45) is 0 Å². The van der Waals surface area contributed by atoms with Crippen molar-refractivity contribution in [1.82, 2.24) is 14.6 Å². The summed E-state index contributed by atoms with van der Waals surface area (Å²) in [6, 6.07) is 3.73. The highest BCUT2D eigenvalue weighted by atomic mass is 79.9. The summed E-state index contributed by atoms with van der Waals surface area (Å²) in [5, 5.41) is 4.32. The maximum Gasteiger partial charge on any atom is 0.156 e. The topological polar surface area (TPSA) is 64.3 Å². The molecule has 2 aromatic heterocycles. The number of halogens is 1. The second-order valence-electron chi connectivity index (χ2n) is 4.22. The van der Waals surface area contributed by atoms with Gasteiger partial charge in [-0.1, -0.05) is 15.9 Å². The fourth-order valence-electron chi connectivity index (χ4n) is 2.05. The minimum Gasteiger partial charge on any atom is -0.229 e. The zero-order valence-corrected chi connectivity index (χ0v) is 11.3. The fourth-order valence-corrected chi connectivity index (χ4v) is 4.11. The molecule has 2 aromatic rings. The molecule has 1 aliphatic heterocycles. The number of hydrogen-bond acceptors (Lipinski definition) is 4. The van der Waals surface area contributed by atoms with Gasteiger partial charge in [-0.2, -0.15) is 5.10 Å². The van der Waals surface area contributed by atoms with Crippen molar-refractivity contribution in [2.75, 3.05) is 11.5 Å². The van der Waals surface area contributed by atoms with Crippen LogP contribution in [0.4, 0.5) is 0 Å². The van der Waals surface area contributed by atoms with E-state index in [0.29, 0.717) is 12.2 Å². The number of pyridine rings is 1. The summed E-state index contributed by atoms with van der Waals surface area (Å²) in [6.45, 7) is 0. The van der Waals surface area contributed by atoms with E-state index in [4.69, 9.17) is 0 Å². The Balaban J connectivity index is 2.02. The lowest BCUT2D eigenvalue weighted by Crippen LogP contribution is -2.05. The molecule has 0 aliphatic carbocycles. The van der Waals surface area contributed by atoms with Crippen molar-refractivity contribution in [3.8, 4) is 0 Å². The van der Waals surface area contributed by atoms with Crippen molar-refractivity contribution in [3.05, 3.63) is 28.6 Å². The van der Waals surface area contributed by atoms with Crippen LogP contribution in [0.1, 0.15) is 18.2 Å². The van der Waals surface area contributed by atoms with Crippen molar-refractivity contribution < 1.29 is 8.42 Å². The second kappa shape index (κ2) is 3.78. The van der Waals surface area contributed by atoms with Crippen LogP contribution in [0.3, 0.4) is 0 Å². The van der Waals surface area contributed by atoms with Crippen LogP contribution in [0.25, 0.3) is 5.65 Å². The number of fused-ring (bicyclic) bond motifs is 1. The van der Waals surface area contributed by atoms with Gasteiger partial charge in [0.15, 0.2) is 21.3 Å². The maximum absolute atomic E-state index is 11.4. The number of hydrogen-bond donors (Lipinski definition) is 0. The second-order valence-corrected chi connectivity index (χ2v) is 7.36. The molecule has 0 amide bonds. The third kappa shape index (κ3) is 2.09. The van der Waals surface area contributed by atoms with E-state index < -0.39 is 9.84 Å². The molecule has 90 valence electrons. The molecule has 0 bridgehead atoms. The van der Waals surface area contributed by atoms with E-state index in [-0.39, 0.29) is 17.4 Å². The van der Waals surface area contributed by atoms with Gasteiger partial charge in [0.2, 0.25) is 0 Å². The molecular formula is C10H10BrN3O2S. The van der Waals surface area contributed by atoms with Crippen LogP contribution in [0, 0.1) is 0 Å². The van der Waals surface area contributed by atoms with Crippen LogP contribution >= 0.6 is 15.9 Å². The monoisotopic (exact) mass is 315 g/mol. The quantitative estimate of drug-likeness (QED) is 0.798. The summed E-state index contributed by atoms with van der Waals surface area (Å²) in [6.07, 6.45) is 2.43. The van der Waals surface area contributed by atoms with Gasteiger partial charge >= 0.3 is 0 Å². The van der Waals surface area contributed by atoms with Crippen molar-refractivity contribution >= 4 is 31.4 Å². The highest BCUT2D eigenvalue weighted by molar-refractivity contribution is 9.10. The van der Waals surface area contributed by atoms with E-state index in [2.05, 4.69) is 26.0 Å². The maximum atomic E-state index is 11.4. The van der Waals surface area contributed by atoms with Crippen LogP contribution in [-0.2, 0) is 9.84 Å². The molecule has 3 heterocycles. The SMILES string of the molecule is O=S1(=O)CCC(c2nc3cc(Br)ccn3n2)C1. The molecule has 1 fully saturated rings. The van der Waals surface area contributed by atoms with Gasteiger partial charge in [-0.15, -0.1) is 0 Å². The Morgan fingerprint density at radius 1 is 1.47 bits per heavy atom. The molecule has 1 atom stereocenters. The smallest absolute Gasteiger partial charge is 0.156 e. The van der Waals surface area contributed by atoms with Gasteiger partial charge in [-0.25, -0.2) is 17.9 Å². The molecule has 5 nitrogen and oxygen atoms in total. The van der Waals surface area contributed by atoms with Crippen LogP contribution in [-0.4, -0.2) is 34.5 Å². The molecule has 0 saturated carbocycles. The number of nitrogens with zero attached hydrogens (tertiary/aromatic N) is 3. The summed E-state index contributed by atoms with van der Waals surface area (Å²) in [5.41, 5.74) is 0.735. The Hall–Kier alpha value is -0.950. The van der Waals surface area contributed by atoms with Crippen molar-refractivity contribution in [3.63, 3.8) is 0 Å². The van der Waals surface area contributed by atoms with E-state index in [0.717, 1.165) is 10.1 Å². The average molecular weight is 316 g/mol. The fraction of sp³-hybridized carbons (Fsp3) is 0.400. The molecule has 0 aromatic carbocycles. The molecule has 17 heavy (non-hydrogen) atoms. The minimum absolute atomic E-state index is 0.0568. The van der Waals surface area contributed by atoms with Gasteiger partial charge in [-0.05, 0) is 18.6 Å². The molecule has 1 unspecified atom stereocenters. The molecule has 1 saturated heterocycles. The minimum atomic E-state index is -2.89. The Morgan fingerprint density at radius 2 is 2.29 bits per heavy atom. The molecule has 0 spiro atoms. The van der Waals surface area contributed by atoms with Crippen molar-refractivity contribution in [2.45, 2.75) is 12.3 Å². The largest absolute Gasteiger partial charge is 0.229 e. The van der Waals surface area contributed by atoms with Gasteiger partial charge in [0.1, 0.15) is 0 Å². The van der Waals surface area contributed by atoms with E-state index in [1.807, 2.05) is 12.1 Å². The van der Waals surface area contributed by atoms with Gasteiger partial charge in [-0.3, -0.25) is 0 Å². The lowest BCUT2D eigenvalue weighted by atomic mass is 10.1. The molecule has 3 rings (SSSR count). The van der Waals surface area contributed by atoms with Crippen LogP contribution < -0.4 is 0 Å². The predicted octanol–water partition coefficient (Wildman–Crippen LogP) is 1.39. The highest BCUT2D eigenvalue weighted by Gasteiger charge is 2.31. The summed E-state index contributed by atoms with van der Waals surface area (Å²) < 4.78 is 25.4. The summed E-state index contributed by atoms with van der Waals surface area (Å²) in [7, 11) is -2.89. The molecule has 7 heteroatoms. The van der Waals surface area contributed by atoms with Gasteiger partial charge < -0.3 is 0 Å². The third-order valence-corrected chi connectivity index (χ3v) is 5.17. The van der Waals surface area contributed by atoms with Gasteiger partial charge in [0.25, 0.3) is 0 Å². The number of aromatic nitrogens is 3. The summed E-state index contributed by atoms with van der Waals surface area (Å²) >= 11 is 3.37. The van der Waals surface area contributed by atoms with Crippen LogP contribution in [0.15, 0.2) is 22.8 Å². The molecule has 0 N–H and O–H groups in total. The Kier molecular flexibility index (Phi) is 2.48. The first-order valence-electron chi connectivity index (χ1n) is 5.26. The van der Waals surface area contributed by atoms with Gasteiger partial charge in [0, 0.05) is 16.6 Å². The average Bonchev–Trinajstić information content (AvgIpc) is 2.80. The van der Waals surface area contributed by atoms with E-state index in [1.165, 1.54) is 0 Å². The van der Waals surface area contributed by atoms with E-state index in [1.54, 1.807) is 10.7 Å². The lowest BCUT2D eigenvalue weighted by molar-refractivity contribution is 0.601. The highest BCUT2D eigenvalue weighted by Crippen LogP contribution is 2.27. The van der Waals surface area contributed by atoms with E-state index in [9.17, 15) is 8.42 Å². The van der Waals surface area contributed by atoms with E-state index >= 15 is 0 Å². The number of sulfone groups is 1. The van der Waals surface area contributed by atoms with Gasteiger partial charge in [0.05, 0.1) is 11.5 Å². The molecule has 1 aliphatic rings. The zero-order valence-electron chi connectivity index (χ0n) is 8.88. The number of rotatable bonds is 1. The Morgan fingerprint density at radius 3 is 3.00 bits per heavy atom. The third-order valence-electron chi connectivity index (χ3n) is 2.91. The standard InChI is InChI=1S/C10H10BrN3O2S/c11-8-1-3-14-9(5-8)12-10(13-14)7-2-4-17(15,16)6-7/h1,3,5,7H,2,4,6H2. The van der Waals surface area contributed by atoms with Crippen LogP contribution in [0.5, 0.6) is 0 Å². The molecule has 0 radical (unpaired) electrons. The lowest BCUT2D eigenvalue weighted by Gasteiger charge is -1.98. The Labute approximate surface area is 107 Å². The summed E-state index contributed by atoms with van der Waals surface area (Å²) in [5.74, 6) is 0.991.